The summed E-state index contributed by atoms with van der Waals surface area (Å²) >= 11 is 7.30. The molecule has 1 aromatic rings. The normalized spacial score (nSPS) is 15.7. The summed E-state index contributed by atoms with van der Waals surface area (Å²) < 4.78 is 0. The second kappa shape index (κ2) is 4.45. The molecule has 0 fully saturated rings. The predicted molar refractivity (Wildman–Crippen MR) is 63.6 cm³/mol. The Bertz CT molecular complexity index is 394. The van der Waals surface area contributed by atoms with Gasteiger partial charge in [-0.3, -0.25) is 4.79 Å². The molecule has 2 nitrogen and oxygen atoms in total. The van der Waals surface area contributed by atoms with Gasteiger partial charge in [0, 0.05) is 23.7 Å². The molecule has 0 unspecified atom stereocenters. The van der Waals surface area contributed by atoms with Crippen molar-refractivity contribution in [1.82, 2.24) is 4.90 Å². The first kappa shape index (κ1) is 10.8. The van der Waals surface area contributed by atoms with Gasteiger partial charge in [0.2, 0.25) is 0 Å². The first-order valence-corrected chi connectivity index (χ1v) is 6.20. The summed E-state index contributed by atoms with van der Waals surface area (Å²) in [6.45, 7) is 3.43. The van der Waals surface area contributed by atoms with Crippen LogP contribution >= 0.6 is 23.4 Å². The number of rotatable bonds is 0. The molecule has 1 aliphatic rings. The van der Waals surface area contributed by atoms with E-state index in [0.29, 0.717) is 6.54 Å². The molecule has 0 saturated carbocycles. The molecule has 0 spiro atoms. The van der Waals surface area contributed by atoms with E-state index in [-0.39, 0.29) is 5.37 Å². The molecule has 2 rings (SSSR count). The van der Waals surface area contributed by atoms with Gasteiger partial charge >= 0.3 is 5.37 Å². The van der Waals surface area contributed by atoms with Crippen LogP contribution in [0.5, 0.6) is 0 Å². The van der Waals surface area contributed by atoms with Gasteiger partial charge in [0.25, 0.3) is 0 Å². The highest BCUT2D eigenvalue weighted by Crippen LogP contribution is 2.28. The number of halogens is 1. The number of aryl methyl sites for hydroxylation is 1. The van der Waals surface area contributed by atoms with Crippen LogP contribution in [0, 0.1) is 6.92 Å². The fraction of sp³-hybridized carbons (Fsp3) is 0.364. The molecule has 4 heteroatoms. The molecule has 0 radical (unpaired) electrons. The largest absolute Gasteiger partial charge is 0.324 e. The second-order valence-corrected chi connectivity index (χ2v) is 5.09. The molecule has 1 amide bonds. The lowest BCUT2D eigenvalue weighted by Crippen LogP contribution is -2.26. The number of thioether (sulfide) groups is 1. The van der Waals surface area contributed by atoms with Gasteiger partial charge in [-0.1, -0.05) is 12.1 Å². The van der Waals surface area contributed by atoms with Crippen molar-refractivity contribution >= 4 is 28.7 Å². The van der Waals surface area contributed by atoms with Crippen LogP contribution in [-0.4, -0.2) is 22.6 Å². The molecule has 1 aliphatic heterocycles. The van der Waals surface area contributed by atoms with Gasteiger partial charge in [-0.2, -0.15) is 0 Å². The number of hydrogen-bond donors (Lipinski definition) is 0. The maximum Gasteiger partial charge on any atom is 0.316 e. The van der Waals surface area contributed by atoms with Crippen molar-refractivity contribution in [2.24, 2.45) is 0 Å². The average Bonchev–Trinajstić information content (AvgIpc) is 2.39. The first-order valence-electron chi connectivity index (χ1n) is 4.83. The molecule has 0 aromatic heterocycles. The van der Waals surface area contributed by atoms with Gasteiger partial charge in [-0.05, 0) is 35.7 Å². The van der Waals surface area contributed by atoms with Gasteiger partial charge in [-0.15, -0.1) is 11.8 Å². The fourth-order valence-corrected chi connectivity index (χ4v) is 2.89. The lowest BCUT2D eigenvalue weighted by Gasteiger charge is -2.16. The predicted octanol–water partition coefficient (Wildman–Crippen LogP) is 3.26. The van der Waals surface area contributed by atoms with Crippen LogP contribution in [0.3, 0.4) is 0 Å². The minimum Gasteiger partial charge on any atom is -0.324 e. The number of nitrogens with zero attached hydrogens (tertiary/aromatic N) is 1. The lowest BCUT2D eigenvalue weighted by molar-refractivity contribution is 0.223. The molecule has 0 saturated heterocycles. The molecule has 0 aliphatic carbocycles. The highest BCUT2D eigenvalue weighted by atomic mass is 35.5. The fourth-order valence-electron chi connectivity index (χ4n) is 1.63. The highest BCUT2D eigenvalue weighted by molar-refractivity contribution is 7.99. The summed E-state index contributed by atoms with van der Waals surface area (Å²) in [6, 6.07) is 6.32. The molecule has 1 heterocycles. The second-order valence-electron chi connectivity index (χ2n) is 3.63. The van der Waals surface area contributed by atoms with Crippen molar-refractivity contribution in [2.75, 3.05) is 12.3 Å². The van der Waals surface area contributed by atoms with E-state index in [0.717, 1.165) is 12.3 Å². The van der Waals surface area contributed by atoms with Crippen LogP contribution in [0.2, 0.25) is 0 Å². The Hall–Kier alpha value is -0.670. The summed E-state index contributed by atoms with van der Waals surface area (Å²) in [5.74, 6) is 0.912. The first-order chi connectivity index (χ1) is 7.16. The van der Waals surface area contributed by atoms with Crippen molar-refractivity contribution in [3.63, 3.8) is 0 Å². The number of carbonyl (C=O) groups excluding carboxylic acids is 1. The third kappa shape index (κ3) is 2.47. The number of benzene rings is 1. The van der Waals surface area contributed by atoms with E-state index in [2.05, 4.69) is 25.1 Å². The standard InChI is InChI=1S/C11H12ClNOS/c1-8-2-3-9-7-13(11(12)14)4-5-15-10(9)6-8/h2-3,6H,4-5,7H2,1H3. The van der Waals surface area contributed by atoms with Gasteiger partial charge in [-0.25, -0.2) is 0 Å². The third-order valence-corrected chi connectivity index (χ3v) is 3.77. The molecule has 0 bridgehead atoms. The molecule has 0 N–H and O–H groups in total. The Morgan fingerprint density at radius 3 is 3.07 bits per heavy atom. The topological polar surface area (TPSA) is 20.3 Å². The molecule has 15 heavy (non-hydrogen) atoms. The summed E-state index contributed by atoms with van der Waals surface area (Å²) in [7, 11) is 0. The van der Waals surface area contributed by atoms with Crippen LogP contribution in [0.1, 0.15) is 11.1 Å². The SMILES string of the molecule is Cc1ccc2c(c1)SCCN(C(=O)Cl)C2. The van der Waals surface area contributed by atoms with Crippen molar-refractivity contribution in [1.29, 1.82) is 0 Å². The number of hydrogen-bond acceptors (Lipinski definition) is 2. The van der Waals surface area contributed by atoms with E-state index in [1.54, 1.807) is 16.7 Å². The van der Waals surface area contributed by atoms with E-state index in [4.69, 9.17) is 11.6 Å². The van der Waals surface area contributed by atoms with Crippen molar-refractivity contribution in [3.8, 4) is 0 Å². The quantitative estimate of drug-likeness (QED) is 0.513. The molecule has 80 valence electrons. The molecular formula is C11H12ClNOS. The van der Waals surface area contributed by atoms with E-state index in [9.17, 15) is 4.79 Å². The minimum atomic E-state index is -0.357. The summed E-state index contributed by atoms with van der Waals surface area (Å²) in [5.41, 5.74) is 2.45. The van der Waals surface area contributed by atoms with E-state index >= 15 is 0 Å². The monoisotopic (exact) mass is 241 g/mol. The van der Waals surface area contributed by atoms with Crippen molar-refractivity contribution in [2.45, 2.75) is 18.4 Å². The van der Waals surface area contributed by atoms with Gasteiger partial charge < -0.3 is 4.90 Å². The summed E-state index contributed by atoms with van der Waals surface area (Å²) in [5, 5.41) is -0.357. The van der Waals surface area contributed by atoms with E-state index in [1.807, 2.05) is 0 Å². The molecule has 0 atom stereocenters. The third-order valence-electron chi connectivity index (χ3n) is 2.45. The van der Waals surface area contributed by atoms with Crippen LogP contribution in [0.4, 0.5) is 4.79 Å². The van der Waals surface area contributed by atoms with Crippen LogP contribution in [0.25, 0.3) is 0 Å². The Labute approximate surface area is 98.6 Å². The number of fused-ring (bicyclic) bond motifs is 1. The van der Waals surface area contributed by atoms with Gasteiger partial charge in [0.1, 0.15) is 0 Å². The van der Waals surface area contributed by atoms with Crippen LogP contribution in [0.15, 0.2) is 23.1 Å². The Morgan fingerprint density at radius 2 is 2.33 bits per heavy atom. The van der Waals surface area contributed by atoms with Gasteiger partial charge in [0.15, 0.2) is 0 Å². The van der Waals surface area contributed by atoms with Crippen molar-refractivity contribution < 1.29 is 4.79 Å². The van der Waals surface area contributed by atoms with Crippen LogP contribution < -0.4 is 0 Å². The van der Waals surface area contributed by atoms with E-state index in [1.165, 1.54) is 16.0 Å². The van der Waals surface area contributed by atoms with Gasteiger partial charge in [0.05, 0.1) is 0 Å². The lowest BCUT2D eigenvalue weighted by atomic mass is 10.1. The molecule has 1 aromatic carbocycles. The zero-order valence-electron chi connectivity index (χ0n) is 8.50. The maximum atomic E-state index is 11.1. The maximum absolute atomic E-state index is 11.1. The number of amides is 1. The smallest absolute Gasteiger partial charge is 0.316 e. The Balaban J connectivity index is 2.29. The Kier molecular flexibility index (Phi) is 3.22. The Morgan fingerprint density at radius 1 is 1.53 bits per heavy atom. The summed E-state index contributed by atoms with van der Waals surface area (Å²) in [6.07, 6.45) is 0. The highest BCUT2D eigenvalue weighted by Gasteiger charge is 2.17. The number of carbonyl (C=O) groups is 1. The van der Waals surface area contributed by atoms with E-state index < -0.39 is 0 Å². The molecular weight excluding hydrogens is 230 g/mol. The zero-order valence-corrected chi connectivity index (χ0v) is 10.1. The average molecular weight is 242 g/mol. The van der Waals surface area contributed by atoms with Crippen molar-refractivity contribution in [3.05, 3.63) is 29.3 Å². The minimum absolute atomic E-state index is 0.357. The zero-order chi connectivity index (χ0) is 10.8. The summed E-state index contributed by atoms with van der Waals surface area (Å²) in [4.78, 5) is 14.1. The van der Waals surface area contributed by atoms with Crippen LogP contribution in [-0.2, 0) is 6.54 Å².